The van der Waals surface area contributed by atoms with Gasteiger partial charge in [-0.3, -0.25) is 24.7 Å². The fourth-order valence-corrected chi connectivity index (χ4v) is 4.11. The molecule has 0 aliphatic carbocycles. The van der Waals surface area contributed by atoms with E-state index in [0.29, 0.717) is 5.56 Å². The van der Waals surface area contributed by atoms with Gasteiger partial charge in [0.25, 0.3) is 17.4 Å². The second kappa shape index (κ2) is 7.88. The largest absolute Gasteiger partial charge is 0.507 e. The van der Waals surface area contributed by atoms with Gasteiger partial charge >= 0.3 is 0 Å². The standard InChI is InChI=1S/C21H15N3O5S/c25-19(14-3-5-15(6-4-14)24(28)29)17-18(13-7-9-22-10-8-13)23(21(27)20(17)26)12-16-2-1-11-30-16/h1-11,18,25H,12H2/b19-17-. The van der Waals surface area contributed by atoms with Gasteiger partial charge in [-0.05, 0) is 41.3 Å². The van der Waals surface area contributed by atoms with E-state index in [1.807, 2.05) is 17.5 Å². The number of carbonyl (C=O) groups excluding carboxylic acids is 2. The van der Waals surface area contributed by atoms with Crippen molar-refractivity contribution in [3.05, 3.63) is 98.0 Å². The molecule has 0 saturated carbocycles. The van der Waals surface area contributed by atoms with E-state index in [9.17, 15) is 24.8 Å². The number of hydrogen-bond donors (Lipinski definition) is 1. The fourth-order valence-electron chi connectivity index (χ4n) is 3.40. The molecule has 1 saturated heterocycles. The maximum Gasteiger partial charge on any atom is 0.295 e. The summed E-state index contributed by atoms with van der Waals surface area (Å²) in [6, 6.07) is 11.5. The van der Waals surface area contributed by atoms with E-state index in [4.69, 9.17) is 0 Å². The summed E-state index contributed by atoms with van der Waals surface area (Å²) in [6.45, 7) is 0.215. The van der Waals surface area contributed by atoms with Crippen molar-refractivity contribution in [2.45, 2.75) is 12.6 Å². The number of nitro groups is 1. The Kier molecular flexibility index (Phi) is 5.11. The number of aliphatic hydroxyl groups excluding tert-OH is 1. The summed E-state index contributed by atoms with van der Waals surface area (Å²) < 4.78 is 0. The first kappa shape index (κ1) is 19.5. The molecule has 2 aromatic heterocycles. The second-order valence-corrected chi connectivity index (χ2v) is 7.62. The molecular formula is C21H15N3O5S. The van der Waals surface area contributed by atoms with Gasteiger partial charge < -0.3 is 10.0 Å². The summed E-state index contributed by atoms with van der Waals surface area (Å²) in [5.41, 5.74) is 0.644. The molecular weight excluding hydrogens is 406 g/mol. The summed E-state index contributed by atoms with van der Waals surface area (Å²) in [6.07, 6.45) is 3.10. The molecule has 1 fully saturated rings. The van der Waals surface area contributed by atoms with Crippen molar-refractivity contribution >= 4 is 34.5 Å². The highest BCUT2D eigenvalue weighted by Crippen LogP contribution is 2.40. The molecule has 1 amide bonds. The molecule has 0 bridgehead atoms. The number of likely N-dealkylation sites (tertiary alicyclic amines) is 1. The van der Waals surface area contributed by atoms with Gasteiger partial charge in [0.05, 0.1) is 23.1 Å². The maximum absolute atomic E-state index is 12.9. The smallest absolute Gasteiger partial charge is 0.295 e. The van der Waals surface area contributed by atoms with Crippen LogP contribution in [-0.2, 0) is 16.1 Å². The lowest BCUT2D eigenvalue weighted by atomic mass is 9.96. The molecule has 0 radical (unpaired) electrons. The van der Waals surface area contributed by atoms with Crippen molar-refractivity contribution in [3.63, 3.8) is 0 Å². The van der Waals surface area contributed by atoms with E-state index in [1.165, 1.54) is 40.5 Å². The van der Waals surface area contributed by atoms with Crippen LogP contribution in [0.5, 0.6) is 0 Å². The first-order valence-corrected chi connectivity index (χ1v) is 9.81. The minimum absolute atomic E-state index is 0.0587. The third kappa shape index (κ3) is 3.46. The van der Waals surface area contributed by atoms with Crippen LogP contribution < -0.4 is 0 Å². The van der Waals surface area contributed by atoms with Crippen molar-refractivity contribution in [1.29, 1.82) is 0 Å². The number of rotatable bonds is 5. The van der Waals surface area contributed by atoms with Crippen LogP contribution in [0.3, 0.4) is 0 Å². The van der Waals surface area contributed by atoms with E-state index in [1.54, 1.807) is 24.5 Å². The number of carbonyl (C=O) groups is 2. The Hall–Kier alpha value is -3.85. The number of aliphatic hydroxyl groups is 1. The SMILES string of the molecule is O=C1C(=O)N(Cc2cccs2)C(c2ccncc2)/C1=C(/O)c1ccc([N+](=O)[O-])cc1. The minimum Gasteiger partial charge on any atom is -0.507 e. The zero-order valence-corrected chi connectivity index (χ0v) is 16.3. The molecule has 0 spiro atoms. The Morgan fingerprint density at radius 3 is 2.43 bits per heavy atom. The molecule has 30 heavy (non-hydrogen) atoms. The number of hydrogen-bond acceptors (Lipinski definition) is 7. The molecule has 1 aliphatic rings. The number of thiophene rings is 1. The van der Waals surface area contributed by atoms with Crippen LogP contribution in [0.15, 0.2) is 71.9 Å². The van der Waals surface area contributed by atoms with E-state index in [0.717, 1.165) is 4.88 Å². The van der Waals surface area contributed by atoms with Crippen LogP contribution in [0.25, 0.3) is 5.76 Å². The molecule has 1 unspecified atom stereocenters. The van der Waals surface area contributed by atoms with Gasteiger partial charge in [0.15, 0.2) is 0 Å². The van der Waals surface area contributed by atoms with Gasteiger partial charge in [0.1, 0.15) is 5.76 Å². The quantitative estimate of drug-likeness (QED) is 0.221. The molecule has 8 nitrogen and oxygen atoms in total. The highest BCUT2D eigenvalue weighted by molar-refractivity contribution is 7.09. The van der Waals surface area contributed by atoms with Gasteiger partial charge in [0, 0.05) is 35.0 Å². The molecule has 1 aromatic carbocycles. The van der Waals surface area contributed by atoms with Crippen molar-refractivity contribution in [2.24, 2.45) is 0 Å². The summed E-state index contributed by atoms with van der Waals surface area (Å²) in [5.74, 6) is -1.89. The normalized spacial score (nSPS) is 18.0. The number of Topliss-reactive ketones (excluding diaryl/α,β-unsaturated/α-hetero) is 1. The fraction of sp³-hybridized carbons (Fsp3) is 0.0952. The highest BCUT2D eigenvalue weighted by Gasteiger charge is 2.46. The molecule has 1 atom stereocenters. The summed E-state index contributed by atoms with van der Waals surface area (Å²) >= 11 is 1.46. The van der Waals surface area contributed by atoms with Gasteiger partial charge in [0.2, 0.25) is 0 Å². The Balaban J connectivity index is 1.83. The minimum atomic E-state index is -0.802. The van der Waals surface area contributed by atoms with Crippen LogP contribution >= 0.6 is 11.3 Å². The Bertz CT molecular complexity index is 1140. The maximum atomic E-state index is 12.9. The number of amides is 1. The van der Waals surface area contributed by atoms with E-state index in [2.05, 4.69) is 4.98 Å². The summed E-state index contributed by atoms with van der Waals surface area (Å²) in [7, 11) is 0. The van der Waals surface area contributed by atoms with E-state index >= 15 is 0 Å². The van der Waals surface area contributed by atoms with Gasteiger partial charge in [-0.15, -0.1) is 11.3 Å². The molecule has 150 valence electrons. The van der Waals surface area contributed by atoms with Gasteiger partial charge in [-0.1, -0.05) is 6.07 Å². The number of ketones is 1. The van der Waals surface area contributed by atoms with Crippen LogP contribution in [0.4, 0.5) is 5.69 Å². The van der Waals surface area contributed by atoms with Crippen LogP contribution in [-0.4, -0.2) is 31.6 Å². The first-order chi connectivity index (χ1) is 14.5. The average Bonchev–Trinajstić information content (AvgIpc) is 3.36. The lowest BCUT2D eigenvalue weighted by molar-refractivity contribution is -0.384. The zero-order valence-electron chi connectivity index (χ0n) is 15.5. The van der Waals surface area contributed by atoms with E-state index < -0.39 is 22.7 Å². The molecule has 9 heteroatoms. The Morgan fingerprint density at radius 2 is 1.83 bits per heavy atom. The monoisotopic (exact) mass is 421 g/mol. The topological polar surface area (TPSA) is 114 Å². The van der Waals surface area contributed by atoms with Crippen molar-refractivity contribution in [3.8, 4) is 0 Å². The number of benzene rings is 1. The van der Waals surface area contributed by atoms with Gasteiger partial charge in [-0.2, -0.15) is 0 Å². The van der Waals surface area contributed by atoms with Crippen molar-refractivity contribution in [1.82, 2.24) is 9.88 Å². The predicted octanol–water partition coefficient (Wildman–Crippen LogP) is 3.67. The number of aromatic nitrogens is 1. The van der Waals surface area contributed by atoms with E-state index in [-0.39, 0.29) is 29.1 Å². The number of nitrogens with zero attached hydrogens (tertiary/aromatic N) is 3. The van der Waals surface area contributed by atoms with Gasteiger partial charge in [-0.25, -0.2) is 0 Å². The third-order valence-electron chi connectivity index (χ3n) is 4.82. The lowest BCUT2D eigenvalue weighted by Gasteiger charge is -2.24. The van der Waals surface area contributed by atoms with Crippen LogP contribution in [0.2, 0.25) is 0 Å². The number of non-ortho nitro benzene ring substituents is 1. The molecule has 1 aliphatic heterocycles. The molecule has 3 heterocycles. The lowest BCUT2D eigenvalue weighted by Crippen LogP contribution is -2.28. The molecule has 4 rings (SSSR count). The number of pyridine rings is 1. The third-order valence-corrected chi connectivity index (χ3v) is 5.68. The first-order valence-electron chi connectivity index (χ1n) is 8.93. The Labute approximate surface area is 174 Å². The van der Waals surface area contributed by atoms with Crippen molar-refractivity contribution in [2.75, 3.05) is 0 Å². The Morgan fingerprint density at radius 1 is 1.13 bits per heavy atom. The zero-order chi connectivity index (χ0) is 21.3. The second-order valence-electron chi connectivity index (χ2n) is 6.59. The average molecular weight is 421 g/mol. The van der Waals surface area contributed by atoms with Crippen LogP contribution in [0.1, 0.15) is 22.0 Å². The predicted molar refractivity (Wildman–Crippen MR) is 109 cm³/mol. The molecule has 3 aromatic rings. The molecule has 1 N–H and O–H groups in total. The van der Waals surface area contributed by atoms with Crippen molar-refractivity contribution < 1.29 is 19.6 Å². The summed E-state index contributed by atoms with van der Waals surface area (Å²) in [4.78, 5) is 42.3. The summed E-state index contributed by atoms with van der Waals surface area (Å²) in [5, 5.41) is 23.7. The number of nitro benzene ring substituents is 1. The highest BCUT2D eigenvalue weighted by atomic mass is 32.1. The van der Waals surface area contributed by atoms with Crippen LogP contribution in [0, 0.1) is 10.1 Å².